The second-order valence-electron chi connectivity index (χ2n) is 4.74. The number of nitrogens with zero attached hydrogens (tertiary/aromatic N) is 1. The van der Waals surface area contributed by atoms with E-state index in [9.17, 15) is 15.2 Å². The highest BCUT2D eigenvalue weighted by Crippen LogP contribution is 2.24. The van der Waals surface area contributed by atoms with Crippen molar-refractivity contribution in [3.8, 4) is 5.75 Å². The number of non-ortho nitro benzene ring substituents is 1. The van der Waals surface area contributed by atoms with E-state index < -0.39 is 11.0 Å². The summed E-state index contributed by atoms with van der Waals surface area (Å²) < 4.78 is 5.69. The van der Waals surface area contributed by atoms with Crippen molar-refractivity contribution in [2.75, 3.05) is 6.61 Å². The number of aliphatic hydroxyl groups is 1. The molecule has 0 saturated heterocycles. The van der Waals surface area contributed by atoms with Gasteiger partial charge in [0, 0.05) is 24.1 Å². The summed E-state index contributed by atoms with van der Waals surface area (Å²) in [4.78, 5) is 10.2. The number of nitro benzene ring substituents is 1. The molecule has 5 nitrogen and oxygen atoms in total. The van der Waals surface area contributed by atoms with Gasteiger partial charge in [0.15, 0.2) is 0 Å². The number of ether oxygens (including phenoxy) is 1. The number of benzene rings is 2. The van der Waals surface area contributed by atoms with Crippen LogP contribution in [0.4, 0.5) is 5.69 Å². The minimum absolute atomic E-state index is 0.0825. The van der Waals surface area contributed by atoms with E-state index in [1.807, 2.05) is 24.3 Å². The van der Waals surface area contributed by atoms with E-state index >= 15 is 0 Å². The van der Waals surface area contributed by atoms with Gasteiger partial charge in [0.25, 0.3) is 5.69 Å². The molecule has 0 saturated carbocycles. The molecule has 1 atom stereocenters. The number of para-hydroxylation sites is 1. The molecule has 0 unspecified atom stereocenters. The lowest BCUT2D eigenvalue weighted by Crippen LogP contribution is -2.04. The molecule has 0 aliphatic carbocycles. The van der Waals surface area contributed by atoms with Crippen LogP contribution in [0.25, 0.3) is 0 Å². The van der Waals surface area contributed by atoms with Crippen LogP contribution in [0.15, 0.2) is 48.5 Å². The first-order chi connectivity index (χ1) is 10.1. The van der Waals surface area contributed by atoms with Crippen LogP contribution in [0.5, 0.6) is 5.75 Å². The molecule has 0 aliphatic rings. The van der Waals surface area contributed by atoms with Crippen molar-refractivity contribution in [3.63, 3.8) is 0 Å². The molecule has 0 amide bonds. The maximum absolute atomic E-state index is 10.6. The van der Waals surface area contributed by atoms with Crippen molar-refractivity contribution < 1.29 is 14.8 Å². The van der Waals surface area contributed by atoms with Crippen molar-refractivity contribution in [3.05, 3.63) is 69.8 Å². The largest absolute Gasteiger partial charge is 0.493 e. The summed E-state index contributed by atoms with van der Waals surface area (Å²) >= 11 is 0. The smallest absolute Gasteiger partial charge is 0.269 e. The van der Waals surface area contributed by atoms with Gasteiger partial charge in [-0.05, 0) is 18.6 Å². The van der Waals surface area contributed by atoms with Crippen molar-refractivity contribution in [2.24, 2.45) is 0 Å². The Balaban J connectivity index is 1.94. The summed E-state index contributed by atoms with van der Waals surface area (Å²) in [5.41, 5.74) is 1.80. The van der Waals surface area contributed by atoms with Gasteiger partial charge in [-0.1, -0.05) is 30.3 Å². The Morgan fingerprint density at radius 1 is 1.19 bits per heavy atom. The molecule has 2 aromatic rings. The van der Waals surface area contributed by atoms with Crippen LogP contribution in [0.2, 0.25) is 0 Å². The highest BCUT2D eigenvalue weighted by Gasteiger charge is 2.08. The first-order valence-electron chi connectivity index (χ1n) is 6.71. The van der Waals surface area contributed by atoms with Crippen molar-refractivity contribution in [2.45, 2.75) is 19.4 Å². The van der Waals surface area contributed by atoms with Crippen LogP contribution in [0, 0.1) is 10.1 Å². The van der Waals surface area contributed by atoms with Gasteiger partial charge in [-0.2, -0.15) is 0 Å². The number of nitro groups is 1. The SMILES string of the molecule is C[C@H](O)c1ccccc1OCCc1ccc([N+](=O)[O-])cc1. The summed E-state index contributed by atoms with van der Waals surface area (Å²) in [7, 11) is 0. The zero-order valence-corrected chi connectivity index (χ0v) is 11.7. The molecule has 110 valence electrons. The molecule has 1 N–H and O–H groups in total. The molecule has 0 fully saturated rings. The number of hydrogen-bond acceptors (Lipinski definition) is 4. The molecule has 0 aromatic heterocycles. The standard InChI is InChI=1S/C16H17NO4/c1-12(18)15-4-2-3-5-16(15)21-11-10-13-6-8-14(9-7-13)17(19)20/h2-9,12,18H,10-11H2,1H3/t12-/m0/s1. The number of aliphatic hydroxyl groups excluding tert-OH is 1. The molecule has 2 rings (SSSR count). The van der Waals surface area contributed by atoms with Gasteiger partial charge in [0.1, 0.15) is 5.75 Å². The van der Waals surface area contributed by atoms with Crippen LogP contribution in [-0.4, -0.2) is 16.6 Å². The maximum Gasteiger partial charge on any atom is 0.269 e. The molecule has 0 radical (unpaired) electrons. The van der Waals surface area contributed by atoms with Gasteiger partial charge in [0.2, 0.25) is 0 Å². The fraction of sp³-hybridized carbons (Fsp3) is 0.250. The first kappa shape index (κ1) is 15.0. The molecule has 0 bridgehead atoms. The third-order valence-electron chi connectivity index (χ3n) is 3.16. The Labute approximate surface area is 123 Å². The quantitative estimate of drug-likeness (QED) is 0.653. The fourth-order valence-corrected chi connectivity index (χ4v) is 2.02. The van der Waals surface area contributed by atoms with Crippen molar-refractivity contribution in [1.82, 2.24) is 0 Å². The molecule has 0 heterocycles. The minimum Gasteiger partial charge on any atom is -0.493 e. The van der Waals surface area contributed by atoms with Crippen LogP contribution in [-0.2, 0) is 6.42 Å². The van der Waals surface area contributed by atoms with E-state index in [2.05, 4.69) is 0 Å². The summed E-state index contributed by atoms with van der Waals surface area (Å²) in [5.74, 6) is 0.661. The molecular weight excluding hydrogens is 270 g/mol. The van der Waals surface area contributed by atoms with Crippen LogP contribution in [0.3, 0.4) is 0 Å². The topological polar surface area (TPSA) is 72.6 Å². The average molecular weight is 287 g/mol. The zero-order chi connectivity index (χ0) is 15.2. The lowest BCUT2D eigenvalue weighted by molar-refractivity contribution is -0.384. The number of hydrogen-bond donors (Lipinski definition) is 1. The molecule has 5 heteroatoms. The van der Waals surface area contributed by atoms with E-state index in [1.165, 1.54) is 12.1 Å². The zero-order valence-electron chi connectivity index (χ0n) is 11.7. The van der Waals surface area contributed by atoms with Crippen molar-refractivity contribution >= 4 is 5.69 Å². The Morgan fingerprint density at radius 3 is 2.48 bits per heavy atom. The molecule has 0 aliphatic heterocycles. The van der Waals surface area contributed by atoms with Gasteiger partial charge in [0.05, 0.1) is 17.6 Å². The summed E-state index contributed by atoms with van der Waals surface area (Å²) in [5, 5.41) is 20.2. The van der Waals surface area contributed by atoms with Gasteiger partial charge in [-0.15, -0.1) is 0 Å². The fourth-order valence-electron chi connectivity index (χ4n) is 2.02. The highest BCUT2D eigenvalue weighted by atomic mass is 16.6. The Morgan fingerprint density at radius 2 is 1.86 bits per heavy atom. The third kappa shape index (κ3) is 4.03. The third-order valence-corrected chi connectivity index (χ3v) is 3.16. The highest BCUT2D eigenvalue weighted by molar-refractivity contribution is 5.35. The maximum atomic E-state index is 10.6. The van der Waals surface area contributed by atoms with E-state index in [-0.39, 0.29) is 5.69 Å². The molecular formula is C16H17NO4. The Bertz CT molecular complexity index is 608. The van der Waals surface area contributed by atoms with E-state index in [4.69, 9.17) is 4.74 Å². The summed E-state index contributed by atoms with van der Waals surface area (Å²) in [6, 6.07) is 13.8. The van der Waals surface area contributed by atoms with Crippen LogP contribution in [0.1, 0.15) is 24.2 Å². The molecule has 0 spiro atoms. The second-order valence-corrected chi connectivity index (χ2v) is 4.74. The average Bonchev–Trinajstić information content (AvgIpc) is 2.48. The number of rotatable bonds is 6. The normalized spacial score (nSPS) is 11.9. The second kappa shape index (κ2) is 6.85. The summed E-state index contributed by atoms with van der Waals surface area (Å²) in [6.45, 7) is 2.14. The minimum atomic E-state index is -0.583. The first-order valence-corrected chi connectivity index (χ1v) is 6.71. The summed E-state index contributed by atoms with van der Waals surface area (Å²) in [6.07, 6.45) is 0.0622. The van der Waals surface area contributed by atoms with Gasteiger partial charge >= 0.3 is 0 Å². The molecule has 21 heavy (non-hydrogen) atoms. The lowest BCUT2D eigenvalue weighted by atomic mass is 10.1. The van der Waals surface area contributed by atoms with Crippen LogP contribution < -0.4 is 4.74 Å². The Hall–Kier alpha value is -2.40. The monoisotopic (exact) mass is 287 g/mol. The van der Waals surface area contributed by atoms with Gasteiger partial charge in [-0.25, -0.2) is 0 Å². The van der Waals surface area contributed by atoms with Gasteiger partial charge in [-0.3, -0.25) is 10.1 Å². The van der Waals surface area contributed by atoms with E-state index in [0.29, 0.717) is 18.8 Å². The predicted molar refractivity (Wildman–Crippen MR) is 79.4 cm³/mol. The lowest BCUT2D eigenvalue weighted by Gasteiger charge is -2.13. The van der Waals surface area contributed by atoms with E-state index in [1.54, 1.807) is 19.1 Å². The van der Waals surface area contributed by atoms with Crippen molar-refractivity contribution in [1.29, 1.82) is 0 Å². The van der Waals surface area contributed by atoms with Gasteiger partial charge < -0.3 is 9.84 Å². The van der Waals surface area contributed by atoms with Crippen LogP contribution >= 0.6 is 0 Å². The molecule has 2 aromatic carbocycles. The van der Waals surface area contributed by atoms with E-state index in [0.717, 1.165) is 11.1 Å². The predicted octanol–water partition coefficient (Wildman–Crippen LogP) is 3.27. The Kier molecular flexibility index (Phi) is 4.90.